The second-order valence-corrected chi connectivity index (χ2v) is 22.8. The number of ether oxygens (including phenoxy) is 9. The van der Waals surface area contributed by atoms with E-state index in [2.05, 4.69) is 166 Å². The SMILES string of the molecule is CCCCCCOc1ccc(-c2ccc(OCCCCCCOc3cc(OCCCCCCOc4ccc(-c5ccc(OCCCCCC)cc5)cc4)cc(OCCCCCCOc4ccc(-c5ccc(OCCCCCC)cc5)cc4)c3)cc2)cc1. The molecule has 0 fully saturated rings. The maximum atomic E-state index is 6.34. The van der Waals surface area contributed by atoms with Crippen molar-refractivity contribution in [1.29, 1.82) is 0 Å². The van der Waals surface area contributed by atoms with E-state index in [9.17, 15) is 0 Å². The highest BCUT2D eigenvalue weighted by atomic mass is 16.5. The molecule has 9 heteroatoms. The van der Waals surface area contributed by atoms with E-state index in [4.69, 9.17) is 42.6 Å². The van der Waals surface area contributed by atoms with E-state index in [1.807, 2.05) is 18.2 Å². The van der Waals surface area contributed by atoms with Gasteiger partial charge in [-0.3, -0.25) is 0 Å². The lowest BCUT2D eigenvalue weighted by atomic mass is 10.1. The summed E-state index contributed by atoms with van der Waals surface area (Å²) in [7, 11) is 0. The van der Waals surface area contributed by atoms with Crippen LogP contribution in [0.5, 0.6) is 51.7 Å². The predicted molar refractivity (Wildman–Crippen MR) is 359 cm³/mol. The highest BCUT2D eigenvalue weighted by molar-refractivity contribution is 5.67. The van der Waals surface area contributed by atoms with Gasteiger partial charge in [0.25, 0.3) is 0 Å². The lowest BCUT2D eigenvalue weighted by molar-refractivity contribution is 0.269. The maximum absolute atomic E-state index is 6.34. The van der Waals surface area contributed by atoms with Gasteiger partial charge in [0.05, 0.1) is 59.5 Å². The first-order valence-electron chi connectivity index (χ1n) is 33.5. The molecular formula is C78H102O9. The minimum Gasteiger partial charge on any atom is -0.494 e. The molecule has 87 heavy (non-hydrogen) atoms. The Hall–Kier alpha value is -7.26. The molecule has 7 aromatic rings. The van der Waals surface area contributed by atoms with E-state index in [0.29, 0.717) is 39.6 Å². The number of rotatable bonds is 48. The van der Waals surface area contributed by atoms with Crippen LogP contribution in [0.4, 0.5) is 0 Å². The second-order valence-electron chi connectivity index (χ2n) is 22.8. The number of hydrogen-bond acceptors (Lipinski definition) is 9. The maximum Gasteiger partial charge on any atom is 0.126 e. The van der Waals surface area contributed by atoms with Crippen LogP contribution in [-0.2, 0) is 0 Å². The Morgan fingerprint density at radius 1 is 0.161 bits per heavy atom. The Morgan fingerprint density at radius 3 is 0.448 bits per heavy atom. The molecule has 0 N–H and O–H groups in total. The van der Waals surface area contributed by atoms with Gasteiger partial charge in [-0.15, -0.1) is 0 Å². The molecule has 0 radical (unpaired) electrons. The highest BCUT2D eigenvalue weighted by Crippen LogP contribution is 2.31. The molecule has 0 saturated carbocycles. The molecule has 0 aliphatic rings. The first-order chi connectivity index (χ1) is 43.0. The summed E-state index contributed by atoms with van der Waals surface area (Å²) in [6, 6.07) is 56.3. The first kappa shape index (κ1) is 67.3. The fourth-order valence-corrected chi connectivity index (χ4v) is 10.2. The molecule has 9 nitrogen and oxygen atoms in total. The summed E-state index contributed by atoms with van der Waals surface area (Å²) in [5, 5.41) is 0. The third kappa shape index (κ3) is 27.1. The largest absolute Gasteiger partial charge is 0.494 e. The van der Waals surface area contributed by atoms with Crippen LogP contribution in [-0.4, -0.2) is 59.5 Å². The molecular weight excluding hydrogens is 1080 g/mol. The number of hydrogen-bond donors (Lipinski definition) is 0. The molecule has 0 heterocycles. The molecule has 0 atom stereocenters. The van der Waals surface area contributed by atoms with Crippen LogP contribution < -0.4 is 42.6 Å². The minimum atomic E-state index is 0.627. The fraction of sp³-hybridized carbons (Fsp3) is 0.462. The van der Waals surface area contributed by atoms with Gasteiger partial charge < -0.3 is 42.6 Å². The van der Waals surface area contributed by atoms with Crippen LogP contribution in [0.1, 0.15) is 175 Å². The molecule has 0 spiro atoms. The summed E-state index contributed by atoms with van der Waals surface area (Å²) in [6.45, 7) is 13.0. The Balaban J connectivity index is 0.779. The van der Waals surface area contributed by atoms with E-state index >= 15 is 0 Å². The summed E-state index contributed by atoms with van der Waals surface area (Å²) in [5.41, 5.74) is 7.02. The predicted octanol–water partition coefficient (Wildman–Crippen LogP) is 21.6. The van der Waals surface area contributed by atoms with Crippen molar-refractivity contribution in [2.45, 2.75) is 175 Å². The summed E-state index contributed by atoms with van der Waals surface area (Å²) in [4.78, 5) is 0. The number of unbranched alkanes of at least 4 members (excludes halogenated alkanes) is 18. The average molecular weight is 1180 g/mol. The molecule has 0 saturated heterocycles. The van der Waals surface area contributed by atoms with Crippen LogP contribution in [0.15, 0.2) is 164 Å². The Bertz CT molecular complexity index is 2510. The first-order valence-corrected chi connectivity index (χ1v) is 33.5. The van der Waals surface area contributed by atoms with Crippen molar-refractivity contribution >= 4 is 0 Å². The quantitative estimate of drug-likeness (QED) is 0.0346. The molecule has 468 valence electrons. The summed E-state index contributed by atoms with van der Waals surface area (Å²) >= 11 is 0. The summed E-state index contributed by atoms with van der Waals surface area (Å²) in [6.07, 6.45) is 26.7. The smallest absolute Gasteiger partial charge is 0.126 e. The zero-order valence-corrected chi connectivity index (χ0v) is 53.1. The van der Waals surface area contributed by atoms with Crippen molar-refractivity contribution in [2.75, 3.05) is 59.5 Å². The van der Waals surface area contributed by atoms with E-state index in [-0.39, 0.29) is 0 Å². The van der Waals surface area contributed by atoms with E-state index in [0.717, 1.165) is 168 Å². The van der Waals surface area contributed by atoms with Crippen molar-refractivity contribution < 1.29 is 42.6 Å². The Kier molecular flexibility index (Phi) is 32.3. The van der Waals surface area contributed by atoms with Crippen LogP contribution in [0.25, 0.3) is 33.4 Å². The van der Waals surface area contributed by atoms with Crippen molar-refractivity contribution in [1.82, 2.24) is 0 Å². The molecule has 0 unspecified atom stereocenters. The van der Waals surface area contributed by atoms with Gasteiger partial charge in [0.1, 0.15) is 51.7 Å². The van der Waals surface area contributed by atoms with Gasteiger partial charge in [-0.1, -0.05) is 151 Å². The summed E-state index contributed by atoms with van der Waals surface area (Å²) in [5.74, 6) is 7.81. The lowest BCUT2D eigenvalue weighted by Gasteiger charge is -2.14. The molecule has 0 aliphatic heterocycles. The third-order valence-electron chi connectivity index (χ3n) is 15.5. The van der Waals surface area contributed by atoms with Crippen molar-refractivity contribution in [2.24, 2.45) is 0 Å². The van der Waals surface area contributed by atoms with E-state index < -0.39 is 0 Å². The van der Waals surface area contributed by atoms with Gasteiger partial charge in [0, 0.05) is 18.2 Å². The normalized spacial score (nSPS) is 11.1. The fourth-order valence-electron chi connectivity index (χ4n) is 10.2. The lowest BCUT2D eigenvalue weighted by Crippen LogP contribution is -2.03. The van der Waals surface area contributed by atoms with Gasteiger partial charge in [-0.25, -0.2) is 0 Å². The molecule has 7 rings (SSSR count). The Labute approximate surface area is 523 Å². The zero-order valence-electron chi connectivity index (χ0n) is 53.1. The van der Waals surface area contributed by atoms with Gasteiger partial charge in [0.2, 0.25) is 0 Å². The molecule has 0 bridgehead atoms. The Morgan fingerprint density at radius 2 is 0.299 bits per heavy atom. The average Bonchev–Trinajstić information content (AvgIpc) is 3.74. The topological polar surface area (TPSA) is 83.1 Å². The van der Waals surface area contributed by atoms with Crippen molar-refractivity contribution in [3.63, 3.8) is 0 Å². The molecule has 0 aliphatic carbocycles. The number of benzene rings is 7. The van der Waals surface area contributed by atoms with Crippen LogP contribution in [0.3, 0.4) is 0 Å². The van der Waals surface area contributed by atoms with Crippen molar-refractivity contribution in [3.8, 4) is 85.1 Å². The minimum absolute atomic E-state index is 0.627. The molecule has 7 aromatic carbocycles. The van der Waals surface area contributed by atoms with Crippen LogP contribution >= 0.6 is 0 Å². The molecule has 0 aromatic heterocycles. The standard InChI is InChI=1S/C78H102O9/c1-4-7-10-19-52-79-70-40-28-64(29-41-70)67-34-46-73(47-35-67)82-55-22-13-16-25-58-85-76-61-77(86-59-26-17-14-23-56-83-74-48-36-68(37-49-74)65-30-42-71(43-31-65)80-53-20-11-8-5-2)63-78(62-76)87-60-27-18-15-24-57-84-75-50-38-69(39-51-75)66-32-44-72(45-33-66)81-54-21-12-9-6-3/h28-51,61-63H,4-27,52-60H2,1-3H3. The van der Waals surface area contributed by atoms with Gasteiger partial charge in [-0.05, 0) is 202 Å². The van der Waals surface area contributed by atoms with Crippen LogP contribution in [0, 0.1) is 0 Å². The van der Waals surface area contributed by atoms with Gasteiger partial charge in [-0.2, -0.15) is 0 Å². The molecule has 0 amide bonds. The monoisotopic (exact) mass is 1180 g/mol. The zero-order chi connectivity index (χ0) is 60.5. The van der Waals surface area contributed by atoms with E-state index in [1.54, 1.807) is 0 Å². The third-order valence-corrected chi connectivity index (χ3v) is 15.5. The van der Waals surface area contributed by atoms with Crippen molar-refractivity contribution in [3.05, 3.63) is 164 Å². The van der Waals surface area contributed by atoms with Crippen LogP contribution in [0.2, 0.25) is 0 Å². The summed E-state index contributed by atoms with van der Waals surface area (Å²) < 4.78 is 55.2. The van der Waals surface area contributed by atoms with Gasteiger partial charge in [0.15, 0.2) is 0 Å². The van der Waals surface area contributed by atoms with E-state index in [1.165, 1.54) is 91.2 Å². The second kappa shape index (κ2) is 41.8. The highest BCUT2D eigenvalue weighted by Gasteiger charge is 2.09. The van der Waals surface area contributed by atoms with Gasteiger partial charge >= 0.3 is 0 Å².